The quantitative estimate of drug-likeness (QED) is 0.446. The first kappa shape index (κ1) is 17.9. The van der Waals surface area contributed by atoms with Gasteiger partial charge in [0.15, 0.2) is 0 Å². The van der Waals surface area contributed by atoms with E-state index in [0.29, 0.717) is 6.42 Å². The lowest BCUT2D eigenvalue weighted by Crippen LogP contribution is -2.02. The van der Waals surface area contributed by atoms with E-state index in [-0.39, 0.29) is 6.61 Å². The third-order valence-electron chi connectivity index (χ3n) is 1.02. The van der Waals surface area contributed by atoms with Crippen molar-refractivity contribution in [3.63, 3.8) is 0 Å². The van der Waals surface area contributed by atoms with Gasteiger partial charge in [-0.25, -0.2) is 0 Å². The molecule has 0 aliphatic rings. The Labute approximate surface area is 107 Å². The maximum absolute atomic E-state index is 10.3. The molecule has 0 aliphatic heterocycles. The topological polar surface area (TPSA) is 43.4 Å². The van der Waals surface area contributed by atoms with E-state index in [9.17, 15) is 8.42 Å². The third-order valence-corrected chi connectivity index (χ3v) is 1.84. The first-order valence-electron chi connectivity index (χ1n) is 4.79. The fraction of sp³-hybridized carbons (Fsp3) is 0.636. The predicted molar refractivity (Wildman–Crippen MR) is 70.7 cm³/mol. The molecule has 0 atom stereocenters. The van der Waals surface area contributed by atoms with Crippen LogP contribution in [-0.4, -0.2) is 26.6 Å². The minimum atomic E-state index is -3.31. The van der Waals surface area contributed by atoms with Crippen molar-refractivity contribution in [3.05, 3.63) is 0 Å². The van der Waals surface area contributed by atoms with Gasteiger partial charge in [0.1, 0.15) is 6.61 Å². The molecule has 16 heavy (non-hydrogen) atoms. The summed E-state index contributed by atoms with van der Waals surface area (Å²) >= 11 is 3.18. The van der Waals surface area contributed by atoms with E-state index < -0.39 is 10.1 Å². The standard InChI is InChI=1S/C6H10O3S.C5H7Br/c1-3-4-5-6-9-10(2,7)8;1-2-3-4-5-6/h3,6H2,1-2H3;2,5H2,1H3. The first-order chi connectivity index (χ1) is 7.47. The highest BCUT2D eigenvalue weighted by molar-refractivity contribution is 9.09. The van der Waals surface area contributed by atoms with Gasteiger partial charge in [-0.05, 0) is 0 Å². The Morgan fingerprint density at radius 2 is 1.56 bits per heavy atom. The van der Waals surface area contributed by atoms with Crippen LogP contribution in [0, 0.1) is 23.7 Å². The minimum Gasteiger partial charge on any atom is -0.257 e. The largest absolute Gasteiger partial charge is 0.265 e. The molecule has 0 aromatic rings. The van der Waals surface area contributed by atoms with Gasteiger partial charge in [-0.15, -0.1) is 11.8 Å². The van der Waals surface area contributed by atoms with Crippen molar-refractivity contribution in [2.75, 3.05) is 18.2 Å². The smallest absolute Gasteiger partial charge is 0.257 e. The van der Waals surface area contributed by atoms with Crippen LogP contribution in [0.5, 0.6) is 0 Å². The van der Waals surface area contributed by atoms with Crippen LogP contribution in [-0.2, 0) is 14.3 Å². The normalized spacial score (nSPS) is 8.75. The Kier molecular flexibility index (Phi) is 14.1. The van der Waals surface area contributed by atoms with Crippen molar-refractivity contribution in [2.24, 2.45) is 0 Å². The molecule has 0 heterocycles. The average Bonchev–Trinajstić information content (AvgIpc) is 2.21. The van der Waals surface area contributed by atoms with Crippen LogP contribution in [0.2, 0.25) is 0 Å². The minimum absolute atomic E-state index is 0.0350. The third kappa shape index (κ3) is 23.4. The molecule has 0 saturated heterocycles. The molecule has 0 rings (SSSR count). The molecular formula is C11H17BrO3S. The van der Waals surface area contributed by atoms with Crippen molar-refractivity contribution >= 4 is 26.0 Å². The van der Waals surface area contributed by atoms with Gasteiger partial charge >= 0.3 is 0 Å². The molecule has 0 aromatic heterocycles. The highest BCUT2D eigenvalue weighted by Crippen LogP contribution is 1.83. The molecule has 0 aliphatic carbocycles. The molecule has 3 nitrogen and oxygen atoms in total. The van der Waals surface area contributed by atoms with Gasteiger partial charge in [0.05, 0.1) is 11.6 Å². The highest BCUT2D eigenvalue weighted by Gasteiger charge is 1.96. The van der Waals surface area contributed by atoms with Crippen molar-refractivity contribution < 1.29 is 12.6 Å². The lowest BCUT2D eigenvalue weighted by Gasteiger charge is -1.91. The van der Waals surface area contributed by atoms with Crippen LogP contribution in [0.15, 0.2) is 0 Å². The summed E-state index contributed by atoms with van der Waals surface area (Å²) in [5.74, 6) is 11.0. The van der Waals surface area contributed by atoms with E-state index in [1.54, 1.807) is 0 Å². The number of rotatable bonds is 2. The van der Waals surface area contributed by atoms with E-state index in [1.165, 1.54) is 0 Å². The van der Waals surface area contributed by atoms with E-state index >= 15 is 0 Å². The Bertz CT molecular complexity index is 358. The molecule has 5 heteroatoms. The van der Waals surface area contributed by atoms with Crippen molar-refractivity contribution in [3.8, 4) is 23.7 Å². The van der Waals surface area contributed by atoms with Gasteiger partial charge in [0.25, 0.3) is 10.1 Å². The van der Waals surface area contributed by atoms with Gasteiger partial charge < -0.3 is 0 Å². The monoisotopic (exact) mass is 308 g/mol. The molecule has 0 radical (unpaired) electrons. The summed E-state index contributed by atoms with van der Waals surface area (Å²) in [4.78, 5) is 0. The first-order valence-corrected chi connectivity index (χ1v) is 7.73. The second kappa shape index (κ2) is 12.6. The molecular weight excluding hydrogens is 292 g/mol. The second-order valence-corrected chi connectivity index (χ2v) is 4.72. The molecule has 0 N–H and O–H groups in total. The van der Waals surface area contributed by atoms with Gasteiger partial charge in [0.2, 0.25) is 0 Å². The molecule has 0 amide bonds. The zero-order valence-electron chi connectivity index (χ0n) is 9.84. The summed E-state index contributed by atoms with van der Waals surface area (Å²) in [6.07, 6.45) is 2.68. The zero-order valence-corrected chi connectivity index (χ0v) is 12.2. The van der Waals surface area contributed by atoms with Crippen LogP contribution in [0.25, 0.3) is 0 Å². The van der Waals surface area contributed by atoms with Crippen molar-refractivity contribution in [1.29, 1.82) is 0 Å². The highest BCUT2D eigenvalue weighted by atomic mass is 79.9. The Morgan fingerprint density at radius 1 is 1.06 bits per heavy atom. The van der Waals surface area contributed by atoms with Gasteiger partial charge in [-0.3, -0.25) is 4.18 Å². The maximum Gasteiger partial charge on any atom is 0.265 e. The summed E-state index contributed by atoms with van der Waals surface area (Å²) in [5, 5.41) is 0.806. The van der Waals surface area contributed by atoms with Crippen LogP contribution >= 0.6 is 15.9 Å². The molecule has 0 aromatic carbocycles. The second-order valence-electron chi connectivity index (χ2n) is 2.51. The number of halogens is 1. The molecule has 0 spiro atoms. The molecule has 0 saturated carbocycles. The fourth-order valence-corrected chi connectivity index (χ4v) is 0.956. The van der Waals surface area contributed by atoms with Gasteiger partial charge in [-0.2, -0.15) is 8.42 Å². The van der Waals surface area contributed by atoms with Gasteiger partial charge in [-0.1, -0.05) is 41.6 Å². The summed E-state index contributed by atoms with van der Waals surface area (Å²) in [6, 6.07) is 0. The van der Waals surface area contributed by atoms with Crippen molar-refractivity contribution in [2.45, 2.75) is 26.7 Å². The van der Waals surface area contributed by atoms with E-state index in [1.807, 2.05) is 13.8 Å². The van der Waals surface area contributed by atoms with Crippen LogP contribution in [0.3, 0.4) is 0 Å². The van der Waals surface area contributed by atoms with Gasteiger partial charge in [0, 0.05) is 12.8 Å². The SMILES string of the molecule is CCC#CCBr.CCC#CCOS(C)(=O)=O. The predicted octanol–water partition coefficient (Wildman–Crippen LogP) is 2.17. The summed E-state index contributed by atoms with van der Waals surface area (Å²) in [7, 11) is -3.31. The molecule has 92 valence electrons. The van der Waals surface area contributed by atoms with Crippen molar-refractivity contribution in [1.82, 2.24) is 0 Å². The molecule has 0 unspecified atom stereocenters. The van der Waals surface area contributed by atoms with Crippen LogP contribution < -0.4 is 0 Å². The van der Waals surface area contributed by atoms with E-state index in [0.717, 1.165) is 18.0 Å². The lowest BCUT2D eigenvalue weighted by atomic mass is 10.5. The Morgan fingerprint density at radius 3 is 1.88 bits per heavy atom. The summed E-state index contributed by atoms with van der Waals surface area (Å²) in [6.45, 7) is 3.88. The number of alkyl halides is 1. The summed E-state index contributed by atoms with van der Waals surface area (Å²) < 4.78 is 24.9. The van der Waals surface area contributed by atoms with E-state index in [4.69, 9.17) is 0 Å². The average molecular weight is 309 g/mol. The van der Waals surface area contributed by atoms with E-state index in [2.05, 4.69) is 43.8 Å². The fourth-order valence-electron chi connectivity index (χ4n) is 0.485. The summed E-state index contributed by atoms with van der Waals surface area (Å²) in [5.41, 5.74) is 0. The molecule has 0 bridgehead atoms. The number of hydrogen-bond acceptors (Lipinski definition) is 3. The number of hydrogen-bond donors (Lipinski definition) is 0. The van der Waals surface area contributed by atoms with Crippen LogP contribution in [0.1, 0.15) is 26.7 Å². The lowest BCUT2D eigenvalue weighted by molar-refractivity contribution is 0.367. The molecule has 0 fully saturated rings. The Balaban J connectivity index is 0. The van der Waals surface area contributed by atoms with Crippen LogP contribution in [0.4, 0.5) is 0 Å². The maximum atomic E-state index is 10.3. The zero-order chi connectivity index (χ0) is 12.9. The Hall–Kier alpha value is -0.490.